The zero-order chi connectivity index (χ0) is 14.8. The highest BCUT2D eigenvalue weighted by molar-refractivity contribution is 5.91. The molecule has 112 valence electrons. The average Bonchev–Trinajstić information content (AvgIpc) is 2.46. The molecule has 0 saturated carbocycles. The number of unbranched alkanes of at least 4 members (excludes halogenated alkanes) is 3. The predicted octanol–water partition coefficient (Wildman–Crippen LogP) is 5.11. The third kappa shape index (κ3) is 5.36. The fourth-order valence-corrected chi connectivity index (χ4v) is 2.52. The van der Waals surface area contributed by atoms with Gasteiger partial charge in [-0.2, -0.15) is 0 Å². The molecule has 2 heteroatoms. The average molecular weight is 275 g/mol. The van der Waals surface area contributed by atoms with Gasteiger partial charge < -0.3 is 5.32 Å². The second kappa shape index (κ2) is 9.57. The molecule has 0 unspecified atom stereocenters. The lowest BCUT2D eigenvalue weighted by Gasteiger charge is -2.15. The van der Waals surface area contributed by atoms with Gasteiger partial charge in [-0.05, 0) is 36.5 Å². The third-order valence-electron chi connectivity index (χ3n) is 3.67. The smallest absolute Gasteiger partial charge is 0.224 e. The molecule has 0 saturated heterocycles. The van der Waals surface area contributed by atoms with Crippen LogP contribution in [0, 0.1) is 0 Å². The molecule has 0 bridgehead atoms. The first-order valence-corrected chi connectivity index (χ1v) is 8.13. The first-order chi connectivity index (χ1) is 9.72. The molecule has 0 aliphatic carbocycles. The maximum absolute atomic E-state index is 11.7. The Balaban J connectivity index is 2.84. The first kappa shape index (κ1) is 16.7. The standard InChI is InChI=1S/C18H29NO/c1-4-7-8-9-13-16-15(11-5-2)12-10-14-17(16)19-18(20)6-3/h10,12,14H,4-9,11,13H2,1-3H3,(H,19,20). The van der Waals surface area contributed by atoms with Crippen molar-refractivity contribution >= 4 is 11.6 Å². The fraction of sp³-hybridized carbons (Fsp3) is 0.611. The van der Waals surface area contributed by atoms with Gasteiger partial charge in [0.1, 0.15) is 0 Å². The lowest BCUT2D eigenvalue weighted by atomic mass is 9.96. The van der Waals surface area contributed by atoms with Crippen molar-refractivity contribution in [1.29, 1.82) is 0 Å². The van der Waals surface area contributed by atoms with Crippen molar-refractivity contribution in [3.8, 4) is 0 Å². The molecule has 0 spiro atoms. The summed E-state index contributed by atoms with van der Waals surface area (Å²) in [5.41, 5.74) is 3.78. The molecular formula is C18H29NO. The highest BCUT2D eigenvalue weighted by atomic mass is 16.1. The summed E-state index contributed by atoms with van der Waals surface area (Å²) in [6.07, 6.45) is 8.90. The van der Waals surface area contributed by atoms with Gasteiger partial charge in [-0.25, -0.2) is 0 Å². The van der Waals surface area contributed by atoms with Gasteiger partial charge >= 0.3 is 0 Å². The highest BCUT2D eigenvalue weighted by Gasteiger charge is 2.09. The Labute approximate surface area is 124 Å². The number of aryl methyl sites for hydroxylation is 1. The van der Waals surface area contributed by atoms with Crippen LogP contribution in [0.3, 0.4) is 0 Å². The summed E-state index contributed by atoms with van der Waals surface area (Å²) in [4.78, 5) is 11.7. The topological polar surface area (TPSA) is 29.1 Å². The molecule has 0 aliphatic heterocycles. The van der Waals surface area contributed by atoms with Crippen LogP contribution in [0.4, 0.5) is 5.69 Å². The maximum Gasteiger partial charge on any atom is 0.224 e. The zero-order valence-electron chi connectivity index (χ0n) is 13.3. The normalized spacial score (nSPS) is 10.6. The lowest BCUT2D eigenvalue weighted by molar-refractivity contribution is -0.115. The van der Waals surface area contributed by atoms with Crippen LogP contribution in [0.15, 0.2) is 18.2 Å². The van der Waals surface area contributed by atoms with Crippen molar-refractivity contribution < 1.29 is 4.79 Å². The van der Waals surface area contributed by atoms with Crippen molar-refractivity contribution in [1.82, 2.24) is 0 Å². The Bertz CT molecular complexity index is 412. The maximum atomic E-state index is 11.7. The van der Waals surface area contributed by atoms with E-state index in [1.807, 2.05) is 13.0 Å². The molecule has 0 atom stereocenters. The Morgan fingerprint density at radius 2 is 1.80 bits per heavy atom. The molecule has 20 heavy (non-hydrogen) atoms. The predicted molar refractivity (Wildman–Crippen MR) is 87.2 cm³/mol. The molecule has 0 aliphatic rings. The van der Waals surface area contributed by atoms with Crippen LogP contribution >= 0.6 is 0 Å². The minimum absolute atomic E-state index is 0.105. The summed E-state index contributed by atoms with van der Waals surface area (Å²) in [5, 5.41) is 3.06. The Morgan fingerprint density at radius 1 is 1.00 bits per heavy atom. The quantitative estimate of drug-likeness (QED) is 0.623. The summed E-state index contributed by atoms with van der Waals surface area (Å²) < 4.78 is 0. The van der Waals surface area contributed by atoms with Gasteiger partial charge in [0.05, 0.1) is 0 Å². The number of carbonyl (C=O) groups excluding carboxylic acids is 1. The monoisotopic (exact) mass is 275 g/mol. The van der Waals surface area contributed by atoms with Crippen LogP contribution < -0.4 is 5.32 Å². The largest absolute Gasteiger partial charge is 0.326 e. The number of hydrogen-bond acceptors (Lipinski definition) is 1. The van der Waals surface area contributed by atoms with E-state index in [0.717, 1.165) is 24.9 Å². The van der Waals surface area contributed by atoms with E-state index in [4.69, 9.17) is 0 Å². The van der Waals surface area contributed by atoms with E-state index in [9.17, 15) is 4.79 Å². The fourth-order valence-electron chi connectivity index (χ4n) is 2.52. The summed E-state index contributed by atoms with van der Waals surface area (Å²) in [7, 11) is 0. The number of carbonyl (C=O) groups is 1. The molecule has 2 nitrogen and oxygen atoms in total. The Hall–Kier alpha value is -1.31. The number of hydrogen-bond donors (Lipinski definition) is 1. The second-order valence-electron chi connectivity index (χ2n) is 5.41. The number of nitrogens with one attached hydrogen (secondary N) is 1. The van der Waals surface area contributed by atoms with Gasteiger partial charge in [-0.3, -0.25) is 4.79 Å². The van der Waals surface area contributed by atoms with E-state index in [2.05, 4.69) is 31.3 Å². The van der Waals surface area contributed by atoms with E-state index in [-0.39, 0.29) is 5.91 Å². The molecule has 0 radical (unpaired) electrons. The summed E-state index contributed by atoms with van der Waals surface area (Å²) in [6, 6.07) is 6.31. The Morgan fingerprint density at radius 3 is 2.45 bits per heavy atom. The Kier molecular flexibility index (Phi) is 8.01. The van der Waals surface area contributed by atoms with Crippen LogP contribution in [0.1, 0.15) is 70.4 Å². The number of benzene rings is 1. The minimum Gasteiger partial charge on any atom is -0.326 e. The van der Waals surface area contributed by atoms with Crippen molar-refractivity contribution in [3.05, 3.63) is 29.3 Å². The van der Waals surface area contributed by atoms with Gasteiger partial charge in [0.25, 0.3) is 0 Å². The second-order valence-corrected chi connectivity index (χ2v) is 5.41. The molecule has 1 aromatic carbocycles. The first-order valence-electron chi connectivity index (χ1n) is 8.13. The summed E-state index contributed by atoms with van der Waals surface area (Å²) in [5.74, 6) is 0.105. The molecule has 0 heterocycles. The summed E-state index contributed by atoms with van der Waals surface area (Å²) >= 11 is 0. The third-order valence-corrected chi connectivity index (χ3v) is 3.67. The van der Waals surface area contributed by atoms with Gasteiger partial charge in [-0.1, -0.05) is 58.6 Å². The van der Waals surface area contributed by atoms with Gasteiger partial charge in [0.2, 0.25) is 5.91 Å². The molecule has 0 fully saturated rings. The summed E-state index contributed by atoms with van der Waals surface area (Å²) in [6.45, 7) is 6.34. The number of amides is 1. The molecule has 1 aromatic rings. The lowest BCUT2D eigenvalue weighted by Crippen LogP contribution is -2.12. The van der Waals surface area contributed by atoms with E-state index in [0.29, 0.717) is 6.42 Å². The number of rotatable bonds is 9. The highest BCUT2D eigenvalue weighted by Crippen LogP contribution is 2.24. The molecule has 1 amide bonds. The molecule has 1 N–H and O–H groups in total. The van der Waals surface area contributed by atoms with E-state index in [1.165, 1.54) is 36.8 Å². The molecule has 1 rings (SSSR count). The SMILES string of the molecule is CCCCCCc1c(CCC)cccc1NC(=O)CC. The van der Waals surface area contributed by atoms with Crippen molar-refractivity contribution in [3.63, 3.8) is 0 Å². The molecule has 0 aromatic heterocycles. The van der Waals surface area contributed by atoms with Crippen molar-refractivity contribution in [2.24, 2.45) is 0 Å². The van der Waals surface area contributed by atoms with E-state index < -0.39 is 0 Å². The van der Waals surface area contributed by atoms with Gasteiger partial charge in [0, 0.05) is 12.1 Å². The number of anilines is 1. The van der Waals surface area contributed by atoms with Crippen molar-refractivity contribution in [2.75, 3.05) is 5.32 Å². The zero-order valence-corrected chi connectivity index (χ0v) is 13.3. The van der Waals surface area contributed by atoms with Gasteiger partial charge in [0.15, 0.2) is 0 Å². The van der Waals surface area contributed by atoms with E-state index in [1.54, 1.807) is 0 Å². The van der Waals surface area contributed by atoms with Gasteiger partial charge in [-0.15, -0.1) is 0 Å². The van der Waals surface area contributed by atoms with Crippen LogP contribution in [0.25, 0.3) is 0 Å². The molecular weight excluding hydrogens is 246 g/mol. The van der Waals surface area contributed by atoms with Crippen LogP contribution in [-0.4, -0.2) is 5.91 Å². The van der Waals surface area contributed by atoms with Crippen LogP contribution in [0.5, 0.6) is 0 Å². The van der Waals surface area contributed by atoms with E-state index >= 15 is 0 Å². The van der Waals surface area contributed by atoms with Crippen LogP contribution in [0.2, 0.25) is 0 Å². The minimum atomic E-state index is 0.105. The van der Waals surface area contributed by atoms with Crippen LogP contribution in [-0.2, 0) is 17.6 Å². The van der Waals surface area contributed by atoms with Crippen molar-refractivity contribution in [2.45, 2.75) is 72.1 Å².